The molecule has 27 heavy (non-hydrogen) atoms. The van der Waals surface area contributed by atoms with Crippen molar-refractivity contribution in [3.63, 3.8) is 0 Å². The van der Waals surface area contributed by atoms with Crippen LogP contribution in [0.5, 0.6) is 0 Å². The summed E-state index contributed by atoms with van der Waals surface area (Å²) in [6.45, 7) is 1.23. The fourth-order valence-electron chi connectivity index (χ4n) is 2.51. The third-order valence-electron chi connectivity index (χ3n) is 3.41. The Labute approximate surface area is 150 Å². The summed E-state index contributed by atoms with van der Waals surface area (Å²) in [7, 11) is -5.38. The lowest BCUT2D eigenvalue weighted by molar-refractivity contribution is -0.165. The van der Waals surface area contributed by atoms with Crippen LogP contribution >= 0.6 is 7.91 Å². The normalized spacial score (nSPS) is 27.0. The van der Waals surface area contributed by atoms with E-state index < -0.39 is 62.2 Å². The Hall–Kier alpha value is -2.34. The van der Waals surface area contributed by atoms with Crippen molar-refractivity contribution in [1.82, 2.24) is 9.55 Å². The molecule has 0 aliphatic carbocycles. The van der Waals surface area contributed by atoms with Crippen LogP contribution in [0.1, 0.15) is 20.1 Å². The Balaban J connectivity index is 2.42. The van der Waals surface area contributed by atoms with Crippen LogP contribution in [0, 0.1) is 0 Å². The largest absolute Gasteiger partial charge is 0.510 e. The number of halogens is 1. The molecule has 0 spiro atoms. The number of hydrogen-bond acceptors (Lipinski definition) is 9. The molecular weight excluding hydrogens is 394 g/mol. The van der Waals surface area contributed by atoms with Gasteiger partial charge in [-0.1, -0.05) is 0 Å². The predicted octanol–water partition coefficient (Wildman–Crippen LogP) is -0.616. The van der Waals surface area contributed by atoms with E-state index in [9.17, 15) is 27.9 Å². The minimum Gasteiger partial charge on any atom is -0.456 e. The van der Waals surface area contributed by atoms with Crippen LogP contribution < -0.4 is 11.2 Å². The second-order valence-electron chi connectivity index (χ2n) is 5.48. The highest BCUT2D eigenvalue weighted by atomic mass is 31.2. The van der Waals surface area contributed by atoms with E-state index in [0.29, 0.717) is 0 Å². The Morgan fingerprint density at radius 2 is 1.89 bits per heavy atom. The molecule has 0 bridgehead atoms. The lowest BCUT2D eigenvalue weighted by atomic mass is 10.1. The van der Waals surface area contributed by atoms with E-state index >= 15 is 0 Å². The van der Waals surface area contributed by atoms with Crippen molar-refractivity contribution in [3.05, 3.63) is 33.1 Å². The van der Waals surface area contributed by atoms with Crippen LogP contribution in [0.4, 0.5) is 4.20 Å². The third kappa shape index (κ3) is 5.57. The first-order valence-corrected chi connectivity index (χ1v) is 8.93. The molecule has 2 N–H and O–H groups in total. The molecule has 0 saturated carbocycles. The highest BCUT2D eigenvalue weighted by molar-refractivity contribution is 7.46. The maximum Gasteiger partial charge on any atom is 0.510 e. The molecule has 1 aromatic rings. The summed E-state index contributed by atoms with van der Waals surface area (Å²) in [6.07, 6.45) is -4.49. The van der Waals surface area contributed by atoms with Gasteiger partial charge in [0.15, 0.2) is 18.4 Å². The Kier molecular flexibility index (Phi) is 6.31. The second kappa shape index (κ2) is 8.13. The number of carbonyl (C=O) groups is 2. The minimum absolute atomic E-state index is 0.701. The van der Waals surface area contributed by atoms with Crippen LogP contribution in [0.3, 0.4) is 0 Å². The number of aromatic amines is 1. The number of esters is 2. The first kappa shape index (κ1) is 21.0. The fourth-order valence-corrected chi connectivity index (χ4v) is 2.84. The van der Waals surface area contributed by atoms with Crippen molar-refractivity contribution in [3.8, 4) is 0 Å². The average molecular weight is 410 g/mol. The number of ether oxygens (including phenoxy) is 3. The molecule has 0 aromatic carbocycles. The number of nitrogens with one attached hydrogen (secondary N) is 1. The molecule has 2 heterocycles. The molecule has 150 valence electrons. The van der Waals surface area contributed by atoms with Crippen molar-refractivity contribution in [2.24, 2.45) is 0 Å². The van der Waals surface area contributed by atoms with Crippen LogP contribution in [0.15, 0.2) is 21.9 Å². The first-order chi connectivity index (χ1) is 12.5. The molecule has 1 fully saturated rings. The number of nitrogens with zero attached hydrogens (tertiary/aromatic N) is 1. The van der Waals surface area contributed by atoms with Gasteiger partial charge in [-0.25, -0.2) is 9.36 Å². The highest BCUT2D eigenvalue weighted by Gasteiger charge is 2.51. The SMILES string of the molecule is CC(=O)O[C@@H]1[C@H](OC(C)=O)[C@@H](COP(=O)(O)F)O[C@H]1n1ccc(=O)[nH]c1=O. The van der Waals surface area contributed by atoms with Gasteiger partial charge >= 0.3 is 25.5 Å². The molecule has 1 aliphatic heterocycles. The van der Waals surface area contributed by atoms with Crippen molar-refractivity contribution in [2.75, 3.05) is 6.61 Å². The number of hydrogen-bond donors (Lipinski definition) is 2. The Bertz CT molecular complexity index is 876. The Morgan fingerprint density at radius 3 is 2.41 bits per heavy atom. The smallest absolute Gasteiger partial charge is 0.456 e. The molecule has 1 unspecified atom stereocenters. The van der Waals surface area contributed by atoms with Gasteiger partial charge in [0.25, 0.3) is 5.56 Å². The predicted molar refractivity (Wildman–Crippen MR) is 83.2 cm³/mol. The maximum absolute atomic E-state index is 12.8. The zero-order chi connectivity index (χ0) is 20.4. The monoisotopic (exact) mass is 410 g/mol. The first-order valence-electron chi connectivity index (χ1n) is 7.46. The van der Waals surface area contributed by atoms with Gasteiger partial charge in [-0.05, 0) is 0 Å². The van der Waals surface area contributed by atoms with Crippen molar-refractivity contribution in [1.29, 1.82) is 0 Å². The summed E-state index contributed by atoms with van der Waals surface area (Å²) in [5, 5.41) is 0. The van der Waals surface area contributed by atoms with E-state index in [-0.39, 0.29) is 0 Å². The van der Waals surface area contributed by atoms with Gasteiger partial charge < -0.3 is 14.2 Å². The van der Waals surface area contributed by atoms with E-state index in [4.69, 9.17) is 19.1 Å². The average Bonchev–Trinajstić information content (AvgIpc) is 2.81. The minimum atomic E-state index is -5.38. The van der Waals surface area contributed by atoms with E-state index in [1.54, 1.807) is 0 Å². The molecule has 14 heteroatoms. The number of aromatic nitrogens is 2. The van der Waals surface area contributed by atoms with Crippen LogP contribution in [0.25, 0.3) is 0 Å². The molecule has 1 aliphatic rings. The lowest BCUT2D eigenvalue weighted by Gasteiger charge is -2.23. The molecule has 0 radical (unpaired) electrons. The molecule has 1 aromatic heterocycles. The summed E-state index contributed by atoms with van der Waals surface area (Å²) < 4.78 is 44.1. The third-order valence-corrected chi connectivity index (χ3v) is 3.88. The number of rotatable bonds is 6. The molecule has 5 atom stereocenters. The van der Waals surface area contributed by atoms with Crippen LogP contribution in [-0.4, -0.2) is 51.3 Å². The topological polar surface area (TPSA) is 163 Å². The maximum atomic E-state index is 12.8. The molecular formula is C13H16FN2O10P. The van der Waals surface area contributed by atoms with Crippen LogP contribution in [-0.2, 0) is 32.9 Å². The lowest BCUT2D eigenvalue weighted by Crippen LogP contribution is -2.42. The second-order valence-corrected chi connectivity index (χ2v) is 6.64. The summed E-state index contributed by atoms with van der Waals surface area (Å²) in [4.78, 5) is 56.6. The van der Waals surface area contributed by atoms with E-state index in [1.807, 2.05) is 4.98 Å². The van der Waals surface area contributed by atoms with Gasteiger partial charge in [-0.2, -0.15) is 0 Å². The number of H-pyrrole nitrogens is 1. The van der Waals surface area contributed by atoms with Gasteiger partial charge in [-0.3, -0.25) is 33.4 Å². The van der Waals surface area contributed by atoms with Crippen LogP contribution in [0.2, 0.25) is 0 Å². The van der Waals surface area contributed by atoms with E-state index in [0.717, 1.165) is 30.7 Å². The summed E-state index contributed by atoms with van der Waals surface area (Å²) in [5.74, 6) is -1.64. The van der Waals surface area contributed by atoms with E-state index in [1.165, 1.54) is 0 Å². The molecule has 2 rings (SSSR count). The highest BCUT2D eigenvalue weighted by Crippen LogP contribution is 2.44. The van der Waals surface area contributed by atoms with Crippen molar-refractivity contribution >= 4 is 19.8 Å². The quantitative estimate of drug-likeness (QED) is 0.456. The van der Waals surface area contributed by atoms with Gasteiger partial charge in [-0.15, -0.1) is 4.20 Å². The molecule has 1 saturated heterocycles. The Morgan fingerprint density at radius 1 is 1.30 bits per heavy atom. The van der Waals surface area contributed by atoms with Crippen molar-refractivity contribution in [2.45, 2.75) is 38.4 Å². The number of carbonyl (C=O) groups excluding carboxylic acids is 2. The summed E-state index contributed by atoms with van der Waals surface area (Å²) in [6, 6.07) is 0.990. The van der Waals surface area contributed by atoms with Gasteiger partial charge in [0, 0.05) is 26.1 Å². The summed E-state index contributed by atoms with van der Waals surface area (Å²) in [5.41, 5.74) is -1.63. The zero-order valence-corrected chi connectivity index (χ0v) is 15.0. The zero-order valence-electron chi connectivity index (χ0n) is 14.1. The molecule has 12 nitrogen and oxygen atoms in total. The van der Waals surface area contributed by atoms with E-state index in [2.05, 4.69) is 4.52 Å². The van der Waals surface area contributed by atoms with Gasteiger partial charge in [0.1, 0.15) is 6.10 Å². The van der Waals surface area contributed by atoms with Crippen molar-refractivity contribution < 1.29 is 42.0 Å². The van der Waals surface area contributed by atoms with Gasteiger partial charge in [0.05, 0.1) is 6.61 Å². The summed E-state index contributed by atoms with van der Waals surface area (Å²) >= 11 is 0. The van der Waals surface area contributed by atoms with Gasteiger partial charge in [0.2, 0.25) is 0 Å². The standard InChI is InChI=1S/C13H16FN2O10P/c1-6(17)24-10-8(5-23-27(14,21)22)26-12(11(10)25-7(2)18)16-4-3-9(19)15-13(16)20/h3-4,8,10-12H,5H2,1-2H3,(H,21,22)(H,15,19,20)/t8-,10-,11-,12-/m1/s1. The fraction of sp³-hybridized carbons (Fsp3) is 0.538. The molecule has 0 amide bonds.